The van der Waals surface area contributed by atoms with Crippen molar-refractivity contribution >= 4 is 0 Å². The van der Waals surface area contributed by atoms with Crippen LogP contribution in [0.25, 0.3) is 0 Å². The molecule has 0 spiro atoms. The molecule has 1 aromatic rings. The van der Waals surface area contributed by atoms with Crippen molar-refractivity contribution in [1.82, 2.24) is 4.90 Å². The van der Waals surface area contributed by atoms with Gasteiger partial charge in [-0.3, -0.25) is 0 Å². The SMILES string of the molecule is CC1CCN(CC(O)COc2ccc(F)cc2F)CC1. The first-order valence-corrected chi connectivity index (χ1v) is 7.03. The van der Waals surface area contributed by atoms with Gasteiger partial charge in [0.05, 0.1) is 0 Å². The lowest BCUT2D eigenvalue weighted by Crippen LogP contribution is -2.40. The first-order valence-electron chi connectivity index (χ1n) is 7.03. The first kappa shape index (κ1) is 15.2. The van der Waals surface area contributed by atoms with E-state index in [4.69, 9.17) is 4.74 Å². The molecule has 0 amide bonds. The minimum atomic E-state index is -0.746. The third kappa shape index (κ3) is 4.42. The molecule has 1 heterocycles. The van der Waals surface area contributed by atoms with Crippen LogP contribution in [0.2, 0.25) is 0 Å². The second-order valence-electron chi connectivity index (χ2n) is 5.52. The number of aliphatic hydroxyl groups excluding tert-OH is 1. The number of aliphatic hydroxyl groups is 1. The van der Waals surface area contributed by atoms with E-state index in [1.807, 2.05) is 0 Å². The molecule has 3 nitrogen and oxygen atoms in total. The van der Waals surface area contributed by atoms with E-state index < -0.39 is 17.7 Å². The highest BCUT2D eigenvalue weighted by atomic mass is 19.1. The average molecular weight is 285 g/mol. The number of nitrogens with zero attached hydrogens (tertiary/aromatic N) is 1. The van der Waals surface area contributed by atoms with Gasteiger partial charge in [0, 0.05) is 12.6 Å². The summed E-state index contributed by atoms with van der Waals surface area (Å²) in [4.78, 5) is 2.19. The van der Waals surface area contributed by atoms with E-state index >= 15 is 0 Å². The van der Waals surface area contributed by atoms with E-state index in [9.17, 15) is 13.9 Å². The summed E-state index contributed by atoms with van der Waals surface area (Å²) in [7, 11) is 0. The number of ether oxygens (including phenoxy) is 1. The van der Waals surface area contributed by atoms with Crippen LogP contribution in [-0.4, -0.2) is 42.4 Å². The van der Waals surface area contributed by atoms with Gasteiger partial charge in [0.1, 0.15) is 18.5 Å². The molecule has 1 N–H and O–H groups in total. The summed E-state index contributed by atoms with van der Waals surface area (Å²) in [5.41, 5.74) is 0. The van der Waals surface area contributed by atoms with Gasteiger partial charge in [-0.1, -0.05) is 6.92 Å². The molecule has 0 bridgehead atoms. The third-order valence-corrected chi connectivity index (χ3v) is 3.67. The molecule has 5 heteroatoms. The van der Waals surface area contributed by atoms with Gasteiger partial charge in [0.15, 0.2) is 11.6 Å². The van der Waals surface area contributed by atoms with E-state index in [0.717, 1.165) is 44.0 Å². The molecule has 0 aliphatic carbocycles. The molecule has 1 aliphatic rings. The number of rotatable bonds is 5. The van der Waals surface area contributed by atoms with E-state index in [2.05, 4.69) is 11.8 Å². The lowest BCUT2D eigenvalue weighted by atomic mass is 9.99. The molecular formula is C15H21F2NO2. The molecule has 2 rings (SSSR count). The number of hydrogen-bond donors (Lipinski definition) is 1. The summed E-state index contributed by atoms with van der Waals surface area (Å²) in [6.45, 7) is 4.71. The van der Waals surface area contributed by atoms with Gasteiger partial charge in [-0.2, -0.15) is 0 Å². The second-order valence-corrected chi connectivity index (χ2v) is 5.52. The zero-order valence-corrected chi connectivity index (χ0v) is 11.7. The van der Waals surface area contributed by atoms with Crippen molar-refractivity contribution < 1.29 is 18.6 Å². The molecule has 0 saturated carbocycles. The van der Waals surface area contributed by atoms with Crippen LogP contribution >= 0.6 is 0 Å². The molecule has 1 aromatic carbocycles. The Labute approximate surface area is 118 Å². The van der Waals surface area contributed by atoms with Crippen molar-refractivity contribution in [3.05, 3.63) is 29.8 Å². The lowest BCUT2D eigenvalue weighted by molar-refractivity contribution is 0.0551. The fourth-order valence-corrected chi connectivity index (χ4v) is 2.37. The number of hydrogen-bond acceptors (Lipinski definition) is 3. The highest BCUT2D eigenvalue weighted by Crippen LogP contribution is 2.19. The Balaban J connectivity index is 1.76. The minimum absolute atomic E-state index is 0.00854. The van der Waals surface area contributed by atoms with Gasteiger partial charge in [-0.25, -0.2) is 8.78 Å². The Kier molecular flexibility index (Phi) is 5.31. The maximum absolute atomic E-state index is 13.3. The van der Waals surface area contributed by atoms with Gasteiger partial charge in [0.2, 0.25) is 0 Å². The van der Waals surface area contributed by atoms with Crippen molar-refractivity contribution in [2.45, 2.75) is 25.9 Å². The number of β-amino-alcohol motifs (C(OH)–C–C–N with tert-alkyl or cyclic N) is 1. The zero-order chi connectivity index (χ0) is 14.5. The summed E-state index contributed by atoms with van der Waals surface area (Å²) in [6, 6.07) is 3.14. The maximum Gasteiger partial charge on any atom is 0.167 e. The summed E-state index contributed by atoms with van der Waals surface area (Å²) in [5, 5.41) is 9.91. The summed E-state index contributed by atoms with van der Waals surface area (Å²) >= 11 is 0. The molecular weight excluding hydrogens is 264 g/mol. The van der Waals surface area contributed by atoms with Gasteiger partial charge in [-0.15, -0.1) is 0 Å². The predicted octanol–water partition coefficient (Wildman–Crippen LogP) is 2.44. The quantitative estimate of drug-likeness (QED) is 0.902. The number of likely N-dealkylation sites (tertiary alicyclic amines) is 1. The smallest absolute Gasteiger partial charge is 0.167 e. The Bertz CT molecular complexity index is 434. The number of piperidine rings is 1. The highest BCUT2D eigenvalue weighted by molar-refractivity contribution is 5.24. The fraction of sp³-hybridized carbons (Fsp3) is 0.600. The molecule has 112 valence electrons. The lowest BCUT2D eigenvalue weighted by Gasteiger charge is -2.31. The van der Waals surface area contributed by atoms with Crippen molar-refractivity contribution in [2.24, 2.45) is 5.92 Å². The van der Waals surface area contributed by atoms with Gasteiger partial charge in [0.25, 0.3) is 0 Å². The Hall–Kier alpha value is -1.20. The molecule has 1 saturated heterocycles. The van der Waals surface area contributed by atoms with Crippen LogP contribution in [-0.2, 0) is 0 Å². The predicted molar refractivity (Wildman–Crippen MR) is 72.7 cm³/mol. The van der Waals surface area contributed by atoms with Crippen molar-refractivity contribution in [1.29, 1.82) is 0 Å². The molecule has 1 atom stereocenters. The van der Waals surface area contributed by atoms with Gasteiger partial charge >= 0.3 is 0 Å². The average Bonchev–Trinajstić information content (AvgIpc) is 2.40. The third-order valence-electron chi connectivity index (χ3n) is 3.67. The Morgan fingerprint density at radius 3 is 2.70 bits per heavy atom. The molecule has 1 unspecified atom stereocenters. The molecule has 0 radical (unpaired) electrons. The Morgan fingerprint density at radius 1 is 1.35 bits per heavy atom. The zero-order valence-electron chi connectivity index (χ0n) is 11.7. The van der Waals surface area contributed by atoms with Gasteiger partial charge in [-0.05, 0) is 44.0 Å². The van der Waals surface area contributed by atoms with Crippen molar-refractivity contribution in [2.75, 3.05) is 26.2 Å². The summed E-state index contributed by atoms with van der Waals surface area (Å²) in [5.74, 6) is -0.674. The molecule has 1 fully saturated rings. The first-order chi connectivity index (χ1) is 9.54. The summed E-state index contributed by atoms with van der Waals surface area (Å²) in [6.07, 6.45) is 1.60. The maximum atomic E-state index is 13.3. The van der Waals surface area contributed by atoms with Crippen LogP contribution in [0.5, 0.6) is 5.75 Å². The van der Waals surface area contributed by atoms with Crippen LogP contribution in [0.4, 0.5) is 8.78 Å². The second kappa shape index (κ2) is 6.99. The van der Waals surface area contributed by atoms with Crippen LogP contribution in [0, 0.1) is 17.6 Å². The number of halogens is 2. The van der Waals surface area contributed by atoms with E-state index in [-0.39, 0.29) is 12.4 Å². The van der Waals surface area contributed by atoms with E-state index in [0.29, 0.717) is 6.54 Å². The van der Waals surface area contributed by atoms with Gasteiger partial charge < -0.3 is 14.7 Å². The van der Waals surface area contributed by atoms with E-state index in [1.54, 1.807) is 0 Å². The molecule has 20 heavy (non-hydrogen) atoms. The summed E-state index contributed by atoms with van der Waals surface area (Å²) < 4.78 is 31.3. The molecule has 1 aliphatic heterocycles. The van der Waals surface area contributed by atoms with Crippen LogP contribution in [0.1, 0.15) is 19.8 Å². The van der Waals surface area contributed by atoms with Crippen molar-refractivity contribution in [3.63, 3.8) is 0 Å². The standard InChI is InChI=1S/C15H21F2NO2/c1-11-4-6-18(7-5-11)9-13(19)10-20-15-3-2-12(16)8-14(15)17/h2-3,8,11,13,19H,4-7,9-10H2,1H3. The van der Waals surface area contributed by atoms with Crippen LogP contribution in [0.3, 0.4) is 0 Å². The van der Waals surface area contributed by atoms with Crippen LogP contribution < -0.4 is 4.74 Å². The Morgan fingerprint density at radius 2 is 2.05 bits per heavy atom. The highest BCUT2D eigenvalue weighted by Gasteiger charge is 2.18. The minimum Gasteiger partial charge on any atom is -0.488 e. The molecule has 0 aromatic heterocycles. The van der Waals surface area contributed by atoms with Crippen LogP contribution in [0.15, 0.2) is 18.2 Å². The topological polar surface area (TPSA) is 32.7 Å². The van der Waals surface area contributed by atoms with E-state index in [1.165, 1.54) is 6.07 Å². The number of benzene rings is 1. The normalized spacial score (nSPS) is 19.0. The fourth-order valence-electron chi connectivity index (χ4n) is 2.37. The van der Waals surface area contributed by atoms with Crippen molar-refractivity contribution in [3.8, 4) is 5.75 Å². The monoisotopic (exact) mass is 285 g/mol. The largest absolute Gasteiger partial charge is 0.488 e.